The van der Waals surface area contributed by atoms with Gasteiger partial charge in [0, 0.05) is 17.3 Å². The summed E-state index contributed by atoms with van der Waals surface area (Å²) in [6.45, 7) is 0. The van der Waals surface area contributed by atoms with Gasteiger partial charge in [-0.3, -0.25) is 0 Å². The zero-order chi connectivity index (χ0) is 9.43. The Labute approximate surface area is 84.8 Å². The lowest BCUT2D eigenvalue weighted by Gasteiger charge is -2.46. The first-order chi connectivity index (χ1) is 6.89. The molecule has 1 aromatic rings. The third-order valence-corrected chi connectivity index (χ3v) is 4.22. The Bertz CT molecular complexity index is 299. The van der Waals surface area contributed by atoms with Crippen molar-refractivity contribution in [2.24, 2.45) is 5.92 Å². The number of rotatable bonds is 1. The highest BCUT2D eigenvalue weighted by molar-refractivity contribution is 5.18. The van der Waals surface area contributed by atoms with Crippen molar-refractivity contribution in [3.63, 3.8) is 0 Å². The second-order valence-corrected chi connectivity index (χ2v) is 4.86. The van der Waals surface area contributed by atoms with Crippen LogP contribution in [0, 0.1) is 5.92 Å². The summed E-state index contributed by atoms with van der Waals surface area (Å²) >= 11 is 0. The molecule has 3 aliphatic rings. The fraction of sp³-hybridized carbons (Fsp3) is 0.667. The summed E-state index contributed by atoms with van der Waals surface area (Å²) in [4.78, 5) is 8.47. The summed E-state index contributed by atoms with van der Waals surface area (Å²) in [5.74, 6) is 1.03. The van der Waals surface area contributed by atoms with Gasteiger partial charge in [-0.15, -0.1) is 0 Å². The molecule has 3 saturated carbocycles. The smallest absolute Gasteiger partial charge is 0.115 e. The van der Waals surface area contributed by atoms with E-state index in [-0.39, 0.29) is 0 Å². The molecule has 0 aliphatic heterocycles. The van der Waals surface area contributed by atoms with Crippen LogP contribution in [0.4, 0.5) is 0 Å². The highest BCUT2D eigenvalue weighted by Gasteiger charge is 2.42. The van der Waals surface area contributed by atoms with E-state index in [0.717, 1.165) is 5.92 Å². The van der Waals surface area contributed by atoms with Gasteiger partial charge in [-0.1, -0.05) is 0 Å². The second-order valence-electron chi connectivity index (χ2n) is 4.86. The summed E-state index contributed by atoms with van der Waals surface area (Å²) < 4.78 is 0. The van der Waals surface area contributed by atoms with Crippen LogP contribution in [-0.2, 0) is 5.41 Å². The van der Waals surface area contributed by atoms with E-state index in [4.69, 9.17) is 0 Å². The van der Waals surface area contributed by atoms with Gasteiger partial charge in [-0.05, 0) is 50.5 Å². The lowest BCUT2D eigenvalue weighted by Crippen LogP contribution is -2.38. The van der Waals surface area contributed by atoms with Gasteiger partial charge in [0.05, 0.1) is 0 Å². The minimum absolute atomic E-state index is 0.428. The predicted molar refractivity (Wildman–Crippen MR) is 54.9 cm³/mol. The number of hydrogen-bond donors (Lipinski definition) is 0. The second kappa shape index (κ2) is 3.04. The topological polar surface area (TPSA) is 25.8 Å². The molecule has 2 bridgehead atoms. The molecule has 0 aromatic carbocycles. The number of nitrogens with zero attached hydrogens (tertiary/aromatic N) is 2. The summed E-state index contributed by atoms with van der Waals surface area (Å²) in [6.07, 6.45) is 11.9. The quantitative estimate of drug-likeness (QED) is 0.677. The van der Waals surface area contributed by atoms with Gasteiger partial charge in [0.1, 0.15) is 6.33 Å². The first-order valence-electron chi connectivity index (χ1n) is 5.66. The Morgan fingerprint density at radius 2 is 1.86 bits per heavy atom. The van der Waals surface area contributed by atoms with Crippen molar-refractivity contribution in [2.45, 2.75) is 43.9 Å². The van der Waals surface area contributed by atoms with Crippen LogP contribution in [0.15, 0.2) is 18.6 Å². The standard InChI is InChI=1S/C12H16N2/c1-5-12(6-2-10(1)3-7-12)11-4-8-13-9-14-11/h4,8-10H,1-3,5-7H2. The van der Waals surface area contributed by atoms with Gasteiger partial charge in [-0.25, -0.2) is 9.97 Å². The van der Waals surface area contributed by atoms with E-state index in [1.165, 1.54) is 44.2 Å². The number of hydrogen-bond acceptors (Lipinski definition) is 2. The van der Waals surface area contributed by atoms with Crippen LogP contribution < -0.4 is 0 Å². The zero-order valence-electron chi connectivity index (χ0n) is 8.45. The molecule has 4 rings (SSSR count). The van der Waals surface area contributed by atoms with E-state index >= 15 is 0 Å². The lowest BCUT2D eigenvalue weighted by atomic mass is 9.59. The van der Waals surface area contributed by atoms with E-state index in [0.29, 0.717) is 5.41 Å². The summed E-state index contributed by atoms with van der Waals surface area (Å²) in [6, 6.07) is 2.12. The maximum Gasteiger partial charge on any atom is 0.115 e. The van der Waals surface area contributed by atoms with Crippen molar-refractivity contribution >= 4 is 0 Å². The van der Waals surface area contributed by atoms with Gasteiger partial charge in [0.2, 0.25) is 0 Å². The molecule has 0 spiro atoms. The van der Waals surface area contributed by atoms with Crippen LogP contribution in [0.25, 0.3) is 0 Å². The predicted octanol–water partition coefficient (Wildman–Crippen LogP) is 2.70. The highest BCUT2D eigenvalue weighted by atomic mass is 14.8. The Morgan fingerprint density at radius 1 is 1.14 bits per heavy atom. The van der Waals surface area contributed by atoms with E-state index in [1.807, 2.05) is 6.20 Å². The van der Waals surface area contributed by atoms with Crippen LogP contribution in [0.2, 0.25) is 0 Å². The molecule has 0 saturated heterocycles. The number of aromatic nitrogens is 2. The molecule has 2 nitrogen and oxygen atoms in total. The fourth-order valence-electron chi connectivity index (χ4n) is 3.24. The van der Waals surface area contributed by atoms with E-state index < -0.39 is 0 Å². The minimum Gasteiger partial charge on any atom is -0.245 e. The molecular formula is C12H16N2. The molecule has 2 heteroatoms. The maximum absolute atomic E-state index is 4.46. The van der Waals surface area contributed by atoms with Gasteiger partial charge in [-0.2, -0.15) is 0 Å². The zero-order valence-corrected chi connectivity index (χ0v) is 8.45. The molecule has 0 radical (unpaired) electrons. The van der Waals surface area contributed by atoms with Crippen LogP contribution in [0.5, 0.6) is 0 Å². The van der Waals surface area contributed by atoms with Gasteiger partial charge >= 0.3 is 0 Å². The monoisotopic (exact) mass is 188 g/mol. The largest absolute Gasteiger partial charge is 0.245 e. The normalized spacial score (nSPS) is 35.9. The van der Waals surface area contributed by atoms with E-state index in [2.05, 4.69) is 16.0 Å². The Balaban J connectivity index is 1.96. The van der Waals surface area contributed by atoms with Crippen molar-refractivity contribution in [2.75, 3.05) is 0 Å². The van der Waals surface area contributed by atoms with E-state index in [1.54, 1.807) is 6.33 Å². The van der Waals surface area contributed by atoms with Crippen LogP contribution in [0.3, 0.4) is 0 Å². The average Bonchev–Trinajstić information content (AvgIpc) is 2.33. The van der Waals surface area contributed by atoms with Crippen molar-refractivity contribution in [3.05, 3.63) is 24.3 Å². The molecule has 3 aliphatic carbocycles. The average molecular weight is 188 g/mol. The van der Waals surface area contributed by atoms with Crippen LogP contribution in [-0.4, -0.2) is 9.97 Å². The first-order valence-corrected chi connectivity index (χ1v) is 5.66. The van der Waals surface area contributed by atoms with Crippen molar-refractivity contribution in [1.82, 2.24) is 9.97 Å². The Hall–Kier alpha value is -0.920. The molecule has 0 unspecified atom stereocenters. The van der Waals surface area contributed by atoms with Crippen LogP contribution in [0.1, 0.15) is 44.2 Å². The Kier molecular flexibility index (Phi) is 1.82. The van der Waals surface area contributed by atoms with Gasteiger partial charge in [0.25, 0.3) is 0 Å². The third-order valence-electron chi connectivity index (χ3n) is 4.22. The van der Waals surface area contributed by atoms with Crippen LogP contribution >= 0.6 is 0 Å². The molecule has 0 atom stereocenters. The Morgan fingerprint density at radius 3 is 2.43 bits per heavy atom. The van der Waals surface area contributed by atoms with Gasteiger partial charge in [0.15, 0.2) is 0 Å². The SMILES string of the molecule is c1cc(C23CCC(CC2)CC3)ncn1. The van der Waals surface area contributed by atoms with Crippen molar-refractivity contribution < 1.29 is 0 Å². The minimum atomic E-state index is 0.428. The van der Waals surface area contributed by atoms with Crippen molar-refractivity contribution in [3.8, 4) is 0 Å². The summed E-state index contributed by atoms with van der Waals surface area (Å²) in [5.41, 5.74) is 1.73. The molecule has 14 heavy (non-hydrogen) atoms. The first kappa shape index (κ1) is 8.39. The lowest BCUT2D eigenvalue weighted by molar-refractivity contribution is 0.132. The molecule has 74 valence electrons. The molecule has 0 amide bonds. The fourth-order valence-corrected chi connectivity index (χ4v) is 3.24. The third kappa shape index (κ3) is 1.17. The van der Waals surface area contributed by atoms with Gasteiger partial charge < -0.3 is 0 Å². The maximum atomic E-state index is 4.46. The molecule has 1 aromatic heterocycles. The number of fused-ring (bicyclic) bond motifs is 3. The molecule has 0 N–H and O–H groups in total. The van der Waals surface area contributed by atoms with Crippen molar-refractivity contribution in [1.29, 1.82) is 0 Å². The molecular weight excluding hydrogens is 172 g/mol. The summed E-state index contributed by atoms with van der Waals surface area (Å²) in [7, 11) is 0. The molecule has 3 fully saturated rings. The molecule has 1 heterocycles. The summed E-state index contributed by atoms with van der Waals surface area (Å²) in [5, 5.41) is 0. The highest BCUT2D eigenvalue weighted by Crippen LogP contribution is 2.50. The van der Waals surface area contributed by atoms with E-state index in [9.17, 15) is 0 Å².